The van der Waals surface area contributed by atoms with Gasteiger partial charge in [0.2, 0.25) is 0 Å². The minimum atomic E-state index is -0.756. The molecule has 0 spiro atoms. The molecule has 0 amide bonds. The van der Waals surface area contributed by atoms with Gasteiger partial charge >= 0.3 is 21.7 Å². The molecule has 1 aliphatic rings. The van der Waals surface area contributed by atoms with Gasteiger partial charge in [0.25, 0.3) is 0 Å². The summed E-state index contributed by atoms with van der Waals surface area (Å²) in [6.45, 7) is 18.4. The zero-order chi connectivity index (χ0) is 21.0. The molecule has 165 valence electrons. The van der Waals surface area contributed by atoms with E-state index in [1.807, 2.05) is 27.7 Å². The Kier molecular flexibility index (Phi) is 16.2. The van der Waals surface area contributed by atoms with E-state index in [1.54, 1.807) is 4.90 Å². The average molecular weight is 452 g/mol. The molecule has 0 unspecified atom stereocenters. The zero-order valence-electron chi connectivity index (χ0n) is 20.5. The maximum atomic E-state index is 13.5. The van der Waals surface area contributed by atoms with E-state index in [0.29, 0.717) is 0 Å². The molecule has 2 nitrogen and oxygen atoms in total. The topological polar surface area (TPSA) is 25.5 Å². The maximum absolute atomic E-state index is 13.5. The predicted molar refractivity (Wildman–Crippen MR) is 123 cm³/mol. The first-order valence-electron chi connectivity index (χ1n) is 9.39. The molecule has 1 saturated carbocycles. The summed E-state index contributed by atoms with van der Waals surface area (Å²) in [5.41, 5.74) is -0.366. The van der Waals surface area contributed by atoms with Crippen molar-refractivity contribution < 1.29 is 30.5 Å². The Labute approximate surface area is 200 Å². The number of hydrogen-bond donors (Lipinski definition) is 0. The van der Waals surface area contributed by atoms with Crippen LogP contribution in [-0.4, -0.2) is 22.8 Å². The first-order chi connectivity index (χ1) is 12.4. The van der Waals surface area contributed by atoms with Crippen molar-refractivity contribution in [2.45, 2.75) is 74.4 Å². The van der Waals surface area contributed by atoms with Crippen LogP contribution in [0.2, 0.25) is 0 Å². The second-order valence-corrected chi connectivity index (χ2v) is 7.64. The second kappa shape index (κ2) is 14.3. The van der Waals surface area contributed by atoms with Crippen LogP contribution in [0.15, 0.2) is 18.2 Å². The van der Waals surface area contributed by atoms with Crippen molar-refractivity contribution in [3.8, 4) is 0 Å². The summed E-state index contributed by atoms with van der Waals surface area (Å²) >= 11 is 0. The molecule has 1 aromatic rings. The smallest absolute Gasteiger partial charge is 0.464 e. The van der Waals surface area contributed by atoms with Crippen molar-refractivity contribution in [3.05, 3.63) is 85.2 Å². The van der Waals surface area contributed by atoms with Gasteiger partial charge in [-0.25, -0.2) is 8.78 Å². The van der Waals surface area contributed by atoms with Crippen molar-refractivity contribution in [1.29, 1.82) is 0 Å². The van der Waals surface area contributed by atoms with E-state index in [9.17, 15) is 14.2 Å². The van der Waals surface area contributed by atoms with Gasteiger partial charge in [-0.1, -0.05) is 74.2 Å². The van der Waals surface area contributed by atoms with Crippen LogP contribution in [0, 0.1) is 56.1 Å². The number of rotatable bonds is 3. The van der Waals surface area contributed by atoms with Gasteiger partial charge < -0.3 is 25.2 Å². The van der Waals surface area contributed by atoms with Crippen LogP contribution in [0.1, 0.15) is 67.9 Å². The molecular formula is C25H38F2N2Ti+. The molecule has 0 atom stereocenters. The summed E-state index contributed by atoms with van der Waals surface area (Å²) in [6, 6.07) is 3.44. The molecule has 0 saturated heterocycles. The van der Waals surface area contributed by atoms with Gasteiger partial charge in [0.05, 0.1) is 0 Å². The third-order valence-electron chi connectivity index (χ3n) is 5.36. The van der Waals surface area contributed by atoms with Crippen molar-refractivity contribution in [2.75, 3.05) is 0 Å². The fourth-order valence-electron chi connectivity index (χ4n) is 3.33. The predicted octanol–water partition coefficient (Wildman–Crippen LogP) is 7.27. The van der Waals surface area contributed by atoms with E-state index in [0.717, 1.165) is 12.1 Å². The van der Waals surface area contributed by atoms with Crippen molar-refractivity contribution in [3.63, 3.8) is 0 Å². The second-order valence-electron chi connectivity index (χ2n) is 7.64. The number of benzene rings is 1. The first-order valence-corrected chi connectivity index (χ1v) is 9.39. The average Bonchev–Trinajstić information content (AvgIpc) is 2.72. The standard InChI is InChI=1S/C13H17F2N2.C10H15.2CH3.Ti/c1-8(2)17(9(3)4)13(16)12-10(14)6-5-7-11(12)15;1-6-7(2)9(4)10(5)8(6)3;;;/h5-9H,1-4H3;1-5H3;2*1H3;/q-1;;2*-1;+4. The van der Waals surface area contributed by atoms with Crippen LogP contribution in [0.3, 0.4) is 0 Å². The summed E-state index contributed by atoms with van der Waals surface area (Å²) in [5, 5.41) is 10.0. The third-order valence-corrected chi connectivity index (χ3v) is 5.36. The van der Waals surface area contributed by atoms with Gasteiger partial charge in [0.15, 0.2) is 0 Å². The van der Waals surface area contributed by atoms with E-state index < -0.39 is 11.6 Å². The minimum Gasteiger partial charge on any atom is -0.464 e. The summed E-state index contributed by atoms with van der Waals surface area (Å²) in [7, 11) is 0. The Hall–Kier alpha value is -0.736. The quantitative estimate of drug-likeness (QED) is 0.205. The van der Waals surface area contributed by atoms with Gasteiger partial charge in [0, 0.05) is 5.56 Å². The molecule has 5 heteroatoms. The molecule has 0 aromatic heterocycles. The van der Waals surface area contributed by atoms with E-state index in [2.05, 4.69) is 34.6 Å². The van der Waals surface area contributed by atoms with Gasteiger partial charge in [0.1, 0.15) is 11.6 Å². The molecule has 2 rings (SSSR count). The fourth-order valence-corrected chi connectivity index (χ4v) is 3.33. The van der Waals surface area contributed by atoms with E-state index >= 15 is 0 Å². The van der Waals surface area contributed by atoms with Crippen molar-refractivity contribution >= 4 is 5.84 Å². The van der Waals surface area contributed by atoms with Crippen molar-refractivity contribution in [2.24, 2.45) is 0 Å². The Bertz CT molecular complexity index is 560. The van der Waals surface area contributed by atoms with Crippen LogP contribution in [-0.2, 0) is 21.7 Å². The van der Waals surface area contributed by atoms with Crippen LogP contribution in [0.25, 0.3) is 5.41 Å². The first kappa shape index (κ1) is 33.9. The number of hydrogen-bond acceptors (Lipinski definition) is 0. The molecule has 0 heterocycles. The molecule has 1 aliphatic carbocycles. The minimum absolute atomic E-state index is 0. The number of nitrogens with zero attached hydrogens (tertiary/aromatic N) is 2. The Morgan fingerprint density at radius 2 is 1.00 bits per heavy atom. The molecule has 5 radical (unpaired) electrons. The fraction of sp³-hybridized carbons (Fsp3) is 0.440. The van der Waals surface area contributed by atoms with Gasteiger partial charge in [-0.15, -0.1) is 0 Å². The molecule has 0 aliphatic heterocycles. The third kappa shape index (κ3) is 7.75. The van der Waals surface area contributed by atoms with Crippen molar-refractivity contribution in [1.82, 2.24) is 4.90 Å². The Balaban J connectivity index is -0.000000488. The molecule has 1 aromatic carbocycles. The monoisotopic (exact) mass is 452 g/mol. The number of halogens is 2. The summed E-state index contributed by atoms with van der Waals surface area (Å²) in [6.07, 6.45) is 0. The summed E-state index contributed by atoms with van der Waals surface area (Å²) in [4.78, 5) is 1.57. The van der Waals surface area contributed by atoms with Crippen LogP contribution >= 0.6 is 0 Å². The molecule has 1 fully saturated rings. The summed E-state index contributed by atoms with van der Waals surface area (Å²) < 4.78 is 27.1. The Morgan fingerprint density at radius 1 is 0.733 bits per heavy atom. The summed E-state index contributed by atoms with van der Waals surface area (Å²) in [5.74, 6) is 5.47. The van der Waals surface area contributed by atoms with Crippen LogP contribution in [0.5, 0.6) is 0 Å². The van der Waals surface area contributed by atoms with Gasteiger partial charge in [-0.05, 0) is 53.8 Å². The largest absolute Gasteiger partial charge is 4.00 e. The Morgan fingerprint density at radius 3 is 1.23 bits per heavy atom. The SMILES string of the molecule is CC(C)N(C(=[N-])c1c(F)cccc1F)C(C)C.C[C]1[C](C)[C](C)[C](C)[C]1C.[CH3-].[CH3-].[Ti+4]. The maximum Gasteiger partial charge on any atom is 4.00 e. The normalized spacial score (nSPS) is 15.8. The van der Waals surface area contributed by atoms with Crippen LogP contribution in [0.4, 0.5) is 8.78 Å². The van der Waals surface area contributed by atoms with E-state index in [4.69, 9.17) is 0 Å². The molecule has 0 N–H and O–H groups in total. The molecular weight excluding hydrogens is 414 g/mol. The molecule has 0 bridgehead atoms. The van der Waals surface area contributed by atoms with E-state index in [-0.39, 0.29) is 60.1 Å². The van der Waals surface area contributed by atoms with Gasteiger partial charge in [-0.2, -0.15) is 0 Å². The zero-order valence-corrected chi connectivity index (χ0v) is 22.1. The van der Waals surface area contributed by atoms with Crippen LogP contribution < -0.4 is 0 Å². The number of amidine groups is 1. The molecule has 30 heavy (non-hydrogen) atoms. The van der Waals surface area contributed by atoms with Gasteiger partial charge in [-0.3, -0.25) is 0 Å². The van der Waals surface area contributed by atoms with E-state index in [1.165, 1.54) is 35.7 Å².